The summed E-state index contributed by atoms with van der Waals surface area (Å²) in [7, 11) is 0. The molecule has 0 fully saturated rings. The molecule has 25 heavy (non-hydrogen) atoms. The van der Waals surface area contributed by atoms with Gasteiger partial charge in [-0.15, -0.1) is 0 Å². The van der Waals surface area contributed by atoms with Gasteiger partial charge in [0.05, 0.1) is 0 Å². The topological polar surface area (TPSA) is 66.9 Å². The summed E-state index contributed by atoms with van der Waals surface area (Å²) in [6.07, 6.45) is 0. The van der Waals surface area contributed by atoms with E-state index in [4.69, 9.17) is 0 Å². The average molecular weight is 397 g/mol. The van der Waals surface area contributed by atoms with Crippen LogP contribution in [0.3, 0.4) is 0 Å². The molecule has 0 bridgehead atoms. The molecule has 3 aromatic rings. The van der Waals surface area contributed by atoms with E-state index in [0.29, 0.717) is 23.0 Å². The molecule has 0 atom stereocenters. The lowest BCUT2D eigenvalue weighted by molar-refractivity contribution is 0.102. The highest BCUT2D eigenvalue weighted by molar-refractivity contribution is 9.10. The van der Waals surface area contributed by atoms with Gasteiger partial charge in [0, 0.05) is 21.9 Å². The van der Waals surface area contributed by atoms with Crippen LogP contribution >= 0.6 is 15.9 Å². The number of benzene rings is 2. The summed E-state index contributed by atoms with van der Waals surface area (Å²) in [5, 5.41) is 6.08. The van der Waals surface area contributed by atoms with E-state index in [0.717, 1.165) is 15.7 Å². The molecule has 2 N–H and O–H groups in total. The van der Waals surface area contributed by atoms with Gasteiger partial charge in [-0.1, -0.05) is 34.1 Å². The van der Waals surface area contributed by atoms with Crippen molar-refractivity contribution in [2.24, 2.45) is 0 Å². The van der Waals surface area contributed by atoms with Crippen molar-refractivity contribution in [3.8, 4) is 0 Å². The van der Waals surface area contributed by atoms with Gasteiger partial charge in [-0.05, 0) is 49.7 Å². The minimum absolute atomic E-state index is 0.277. The van der Waals surface area contributed by atoms with Crippen molar-refractivity contribution in [1.82, 2.24) is 9.97 Å². The van der Waals surface area contributed by atoms with E-state index < -0.39 is 0 Å². The van der Waals surface area contributed by atoms with Gasteiger partial charge in [-0.2, -0.15) is 0 Å². The number of aryl methyl sites for hydroxylation is 2. The second-order valence-corrected chi connectivity index (χ2v) is 6.50. The highest BCUT2D eigenvalue weighted by atomic mass is 79.9. The molecular weight excluding hydrogens is 380 g/mol. The van der Waals surface area contributed by atoms with Crippen LogP contribution in [0.25, 0.3) is 0 Å². The van der Waals surface area contributed by atoms with Gasteiger partial charge >= 0.3 is 0 Å². The second kappa shape index (κ2) is 7.44. The third kappa shape index (κ3) is 4.42. The third-order valence-electron chi connectivity index (χ3n) is 3.58. The van der Waals surface area contributed by atoms with Crippen molar-refractivity contribution in [3.63, 3.8) is 0 Å². The van der Waals surface area contributed by atoms with Gasteiger partial charge in [0.15, 0.2) is 0 Å². The number of hydrogen-bond donors (Lipinski definition) is 2. The Hall–Kier alpha value is -2.73. The van der Waals surface area contributed by atoms with E-state index >= 15 is 0 Å². The molecule has 0 radical (unpaired) electrons. The number of halogens is 1. The van der Waals surface area contributed by atoms with Crippen LogP contribution in [0.5, 0.6) is 0 Å². The molecular formula is C19H17BrN4O. The first-order valence-corrected chi connectivity index (χ1v) is 8.56. The number of nitrogens with one attached hydrogen (secondary N) is 2. The lowest BCUT2D eigenvalue weighted by atomic mass is 10.2. The second-order valence-electron chi connectivity index (χ2n) is 5.59. The zero-order valence-electron chi connectivity index (χ0n) is 13.9. The lowest BCUT2D eigenvalue weighted by Gasteiger charge is -2.11. The van der Waals surface area contributed by atoms with Crippen LogP contribution in [-0.2, 0) is 0 Å². The first-order valence-electron chi connectivity index (χ1n) is 7.76. The third-order valence-corrected chi connectivity index (χ3v) is 4.11. The average Bonchev–Trinajstić information content (AvgIpc) is 2.58. The van der Waals surface area contributed by atoms with Crippen molar-refractivity contribution in [3.05, 3.63) is 76.2 Å². The molecule has 0 aliphatic carbocycles. The van der Waals surface area contributed by atoms with Crippen LogP contribution in [0.15, 0.2) is 59.1 Å². The van der Waals surface area contributed by atoms with Gasteiger partial charge < -0.3 is 10.6 Å². The summed E-state index contributed by atoms with van der Waals surface area (Å²) in [6.45, 7) is 3.77. The maximum atomic E-state index is 12.5. The number of carbonyl (C=O) groups excluding carboxylic acids is 1. The number of hydrogen-bond acceptors (Lipinski definition) is 4. The fraction of sp³-hybridized carbons (Fsp3) is 0.105. The number of rotatable bonds is 4. The molecule has 0 aliphatic heterocycles. The maximum Gasteiger partial charge on any atom is 0.274 e. The van der Waals surface area contributed by atoms with Gasteiger partial charge in [0.1, 0.15) is 17.3 Å². The SMILES string of the molecule is Cc1nc(Nc2ccccc2C)cc(C(=O)Nc2ccc(Br)cc2)n1. The quantitative estimate of drug-likeness (QED) is 0.661. The monoisotopic (exact) mass is 396 g/mol. The Labute approximate surface area is 154 Å². The van der Waals surface area contributed by atoms with Crippen LogP contribution in [0.2, 0.25) is 0 Å². The fourth-order valence-corrected chi connectivity index (χ4v) is 2.59. The fourth-order valence-electron chi connectivity index (χ4n) is 2.33. The van der Waals surface area contributed by atoms with Gasteiger partial charge in [-0.25, -0.2) is 9.97 Å². The predicted octanol–water partition coefficient (Wildman–Crippen LogP) is 4.85. The van der Waals surface area contributed by atoms with E-state index in [1.54, 1.807) is 13.0 Å². The molecule has 3 rings (SSSR count). The Morgan fingerprint density at radius 3 is 2.44 bits per heavy atom. The number of nitrogens with zero attached hydrogens (tertiary/aromatic N) is 2. The Bertz CT molecular complexity index is 910. The van der Waals surface area contributed by atoms with E-state index in [9.17, 15) is 4.79 Å². The molecule has 1 heterocycles. The van der Waals surface area contributed by atoms with Crippen molar-refractivity contribution < 1.29 is 4.79 Å². The molecule has 5 nitrogen and oxygen atoms in total. The highest BCUT2D eigenvalue weighted by Gasteiger charge is 2.11. The molecule has 0 saturated carbocycles. The zero-order chi connectivity index (χ0) is 17.8. The summed E-state index contributed by atoms with van der Waals surface area (Å²) < 4.78 is 0.952. The Morgan fingerprint density at radius 2 is 1.72 bits per heavy atom. The van der Waals surface area contributed by atoms with Crippen molar-refractivity contribution in [2.45, 2.75) is 13.8 Å². The van der Waals surface area contributed by atoms with E-state index in [1.165, 1.54) is 0 Å². The number of para-hydroxylation sites is 1. The first kappa shape index (κ1) is 17.1. The number of carbonyl (C=O) groups is 1. The zero-order valence-corrected chi connectivity index (χ0v) is 15.5. The summed E-state index contributed by atoms with van der Waals surface area (Å²) in [5.41, 5.74) is 3.06. The molecule has 0 saturated heterocycles. The first-order chi connectivity index (χ1) is 12.0. The van der Waals surface area contributed by atoms with Crippen molar-refractivity contribution in [2.75, 3.05) is 10.6 Å². The molecule has 0 spiro atoms. The van der Waals surface area contributed by atoms with Crippen LogP contribution < -0.4 is 10.6 Å². The number of aromatic nitrogens is 2. The normalized spacial score (nSPS) is 10.4. The number of amides is 1. The highest BCUT2D eigenvalue weighted by Crippen LogP contribution is 2.20. The Morgan fingerprint density at radius 1 is 1.00 bits per heavy atom. The Balaban J connectivity index is 1.82. The molecule has 6 heteroatoms. The molecule has 1 aromatic heterocycles. The standard InChI is InChI=1S/C19H17BrN4O/c1-12-5-3-4-6-16(12)24-18-11-17(21-13(2)22-18)19(25)23-15-9-7-14(20)8-10-15/h3-11H,1-2H3,(H,23,25)(H,21,22,24). The van der Waals surface area contributed by atoms with Crippen LogP contribution in [0.1, 0.15) is 21.9 Å². The summed E-state index contributed by atoms with van der Waals surface area (Å²) in [4.78, 5) is 21.1. The molecule has 2 aromatic carbocycles. The summed E-state index contributed by atoms with van der Waals surface area (Å²) in [5.74, 6) is 0.836. The van der Waals surface area contributed by atoms with Crippen LogP contribution in [-0.4, -0.2) is 15.9 Å². The smallest absolute Gasteiger partial charge is 0.274 e. The van der Waals surface area contributed by atoms with Crippen molar-refractivity contribution >= 4 is 39.0 Å². The van der Waals surface area contributed by atoms with E-state index in [-0.39, 0.29) is 5.91 Å². The van der Waals surface area contributed by atoms with E-state index in [1.807, 2.05) is 55.5 Å². The van der Waals surface area contributed by atoms with Crippen molar-refractivity contribution in [1.29, 1.82) is 0 Å². The predicted molar refractivity (Wildman–Crippen MR) is 103 cm³/mol. The number of anilines is 3. The largest absolute Gasteiger partial charge is 0.340 e. The van der Waals surface area contributed by atoms with Gasteiger partial charge in [0.25, 0.3) is 5.91 Å². The summed E-state index contributed by atoms with van der Waals surface area (Å²) >= 11 is 3.37. The molecule has 0 unspecified atom stereocenters. The molecule has 0 aliphatic rings. The van der Waals surface area contributed by atoms with Crippen LogP contribution in [0, 0.1) is 13.8 Å². The minimum Gasteiger partial charge on any atom is -0.340 e. The van der Waals surface area contributed by atoms with E-state index in [2.05, 4.69) is 36.5 Å². The minimum atomic E-state index is -0.277. The molecule has 126 valence electrons. The molecule has 1 amide bonds. The lowest BCUT2D eigenvalue weighted by Crippen LogP contribution is -2.15. The summed E-state index contributed by atoms with van der Waals surface area (Å²) in [6, 6.07) is 16.9. The Kier molecular flexibility index (Phi) is 5.09. The maximum absolute atomic E-state index is 12.5. The van der Waals surface area contributed by atoms with Crippen LogP contribution in [0.4, 0.5) is 17.2 Å². The van der Waals surface area contributed by atoms with Gasteiger partial charge in [-0.3, -0.25) is 4.79 Å². The van der Waals surface area contributed by atoms with Gasteiger partial charge in [0.2, 0.25) is 0 Å².